The van der Waals surface area contributed by atoms with Crippen molar-refractivity contribution in [1.82, 2.24) is 4.98 Å². The molecule has 1 aliphatic rings. The van der Waals surface area contributed by atoms with Crippen molar-refractivity contribution in [2.24, 2.45) is 11.7 Å². The Morgan fingerprint density at radius 3 is 2.31 bits per heavy atom. The molecule has 0 atom stereocenters. The molecule has 3 rings (SSSR count). The van der Waals surface area contributed by atoms with Crippen molar-refractivity contribution in [3.63, 3.8) is 0 Å². The highest BCUT2D eigenvalue weighted by atomic mass is 16.4. The number of benzene rings is 1. The lowest BCUT2D eigenvalue weighted by Crippen LogP contribution is -2.16. The summed E-state index contributed by atoms with van der Waals surface area (Å²) in [5, 5.41) is 8.93. The topological polar surface area (TPSA) is 93.3 Å². The van der Waals surface area contributed by atoms with Gasteiger partial charge in [0.15, 0.2) is 0 Å². The van der Waals surface area contributed by atoms with Crippen LogP contribution in [0.3, 0.4) is 0 Å². The van der Waals surface area contributed by atoms with E-state index in [0.29, 0.717) is 11.8 Å². The summed E-state index contributed by atoms with van der Waals surface area (Å²) in [6.07, 6.45) is 4.30. The maximum Gasteiger partial charge on any atom is 0.303 e. The molecule has 2 aromatic rings. The average molecular weight is 352 g/mol. The molecule has 1 saturated carbocycles. The molecule has 3 N–H and O–H groups in total. The number of carboxylic acid groups (broad SMARTS) is 1. The number of primary amides is 1. The molecule has 0 saturated heterocycles. The smallest absolute Gasteiger partial charge is 0.303 e. The average Bonchev–Trinajstić information content (AvgIpc) is 2.62. The van der Waals surface area contributed by atoms with E-state index in [4.69, 9.17) is 10.8 Å². The number of aryl methyl sites for hydroxylation is 1. The molecule has 5 heteroatoms. The van der Waals surface area contributed by atoms with Gasteiger partial charge in [-0.2, -0.15) is 0 Å². The van der Waals surface area contributed by atoms with Crippen LogP contribution in [-0.4, -0.2) is 22.0 Å². The molecule has 5 nitrogen and oxygen atoms in total. The fraction of sp³-hybridized carbons (Fsp3) is 0.381. The van der Waals surface area contributed by atoms with Gasteiger partial charge in [0.2, 0.25) is 0 Å². The van der Waals surface area contributed by atoms with E-state index in [2.05, 4.69) is 17.1 Å². The number of rotatable bonds is 5. The molecule has 0 unspecified atom stereocenters. The van der Waals surface area contributed by atoms with Gasteiger partial charge in [-0.15, -0.1) is 0 Å². The SMILES string of the molecule is Cc1ccc(C(N)=O)nc1-c1ccc([C@H]2CC[C@H](CC(=O)O)CC2)cc1. The first kappa shape index (κ1) is 18.1. The maximum absolute atomic E-state index is 11.4. The summed E-state index contributed by atoms with van der Waals surface area (Å²) in [5.74, 6) is -0.425. The Labute approximate surface area is 153 Å². The summed E-state index contributed by atoms with van der Waals surface area (Å²) in [5.41, 5.74) is 9.63. The lowest BCUT2D eigenvalue weighted by molar-refractivity contribution is -0.138. The number of carbonyl (C=O) groups excluding carboxylic acids is 1. The molecule has 26 heavy (non-hydrogen) atoms. The Morgan fingerprint density at radius 2 is 1.73 bits per heavy atom. The van der Waals surface area contributed by atoms with Crippen LogP contribution in [0.4, 0.5) is 0 Å². The molecule has 1 heterocycles. The summed E-state index contributed by atoms with van der Waals surface area (Å²) in [7, 11) is 0. The fourth-order valence-electron chi connectivity index (χ4n) is 3.82. The predicted octanol–water partition coefficient (Wildman–Crippen LogP) is 3.90. The summed E-state index contributed by atoms with van der Waals surface area (Å²) < 4.78 is 0. The minimum Gasteiger partial charge on any atom is -0.481 e. The Hall–Kier alpha value is -2.69. The van der Waals surface area contributed by atoms with Crippen LogP contribution in [0.25, 0.3) is 11.3 Å². The van der Waals surface area contributed by atoms with Crippen molar-refractivity contribution in [1.29, 1.82) is 0 Å². The molecule has 1 aromatic carbocycles. The number of carboxylic acids is 1. The van der Waals surface area contributed by atoms with Crippen LogP contribution in [0.2, 0.25) is 0 Å². The standard InChI is InChI=1S/C21H24N2O3/c1-13-2-11-18(21(22)26)23-20(13)17-9-7-16(8-10-17)15-5-3-14(4-6-15)12-19(24)25/h2,7-11,14-15H,3-6,12H2,1H3,(H2,22,26)(H,24,25)/t14-,15-. The van der Waals surface area contributed by atoms with E-state index >= 15 is 0 Å². The van der Waals surface area contributed by atoms with Gasteiger partial charge in [-0.1, -0.05) is 30.3 Å². The summed E-state index contributed by atoms with van der Waals surface area (Å²) in [6, 6.07) is 11.8. The van der Waals surface area contributed by atoms with Gasteiger partial charge in [-0.25, -0.2) is 4.98 Å². The fourth-order valence-corrected chi connectivity index (χ4v) is 3.82. The van der Waals surface area contributed by atoms with E-state index in [-0.39, 0.29) is 12.1 Å². The molecule has 0 aliphatic heterocycles. The predicted molar refractivity (Wildman–Crippen MR) is 99.9 cm³/mol. The van der Waals surface area contributed by atoms with E-state index in [1.807, 2.05) is 25.1 Å². The first-order valence-corrected chi connectivity index (χ1v) is 9.03. The van der Waals surface area contributed by atoms with Crippen LogP contribution < -0.4 is 5.73 Å². The number of nitrogens with zero attached hydrogens (tertiary/aromatic N) is 1. The molecule has 1 aliphatic carbocycles. The van der Waals surface area contributed by atoms with Crippen molar-refractivity contribution in [2.75, 3.05) is 0 Å². The van der Waals surface area contributed by atoms with E-state index in [9.17, 15) is 9.59 Å². The summed E-state index contributed by atoms with van der Waals surface area (Å²) >= 11 is 0. The van der Waals surface area contributed by atoms with Crippen molar-refractivity contribution < 1.29 is 14.7 Å². The highest BCUT2D eigenvalue weighted by Gasteiger charge is 2.24. The summed E-state index contributed by atoms with van der Waals surface area (Å²) in [6.45, 7) is 1.96. The Bertz CT molecular complexity index is 807. The number of nitrogens with two attached hydrogens (primary N) is 1. The van der Waals surface area contributed by atoms with E-state index in [0.717, 1.165) is 42.5 Å². The molecule has 1 amide bonds. The second-order valence-electron chi connectivity index (χ2n) is 7.16. The van der Waals surface area contributed by atoms with Gasteiger partial charge in [-0.3, -0.25) is 9.59 Å². The molecular formula is C21H24N2O3. The highest BCUT2D eigenvalue weighted by molar-refractivity contribution is 5.91. The zero-order valence-electron chi connectivity index (χ0n) is 14.9. The molecular weight excluding hydrogens is 328 g/mol. The monoisotopic (exact) mass is 352 g/mol. The number of aromatic nitrogens is 1. The normalized spacial score (nSPS) is 19.9. The van der Waals surface area contributed by atoms with Crippen LogP contribution >= 0.6 is 0 Å². The van der Waals surface area contributed by atoms with Crippen LogP contribution in [0.1, 0.15) is 59.6 Å². The van der Waals surface area contributed by atoms with Gasteiger partial charge < -0.3 is 10.8 Å². The number of pyridine rings is 1. The Morgan fingerprint density at radius 1 is 1.08 bits per heavy atom. The number of hydrogen-bond acceptors (Lipinski definition) is 3. The number of carbonyl (C=O) groups is 2. The second-order valence-corrected chi connectivity index (χ2v) is 7.16. The summed E-state index contributed by atoms with van der Waals surface area (Å²) in [4.78, 5) is 26.6. The van der Waals surface area contributed by atoms with Crippen molar-refractivity contribution in [2.45, 2.75) is 44.9 Å². The lowest BCUT2D eigenvalue weighted by Gasteiger charge is -2.28. The molecule has 1 aromatic heterocycles. The van der Waals surface area contributed by atoms with Crippen LogP contribution in [0, 0.1) is 12.8 Å². The third-order valence-corrected chi connectivity index (χ3v) is 5.32. The second kappa shape index (κ2) is 7.68. The largest absolute Gasteiger partial charge is 0.481 e. The zero-order valence-corrected chi connectivity index (χ0v) is 14.9. The zero-order chi connectivity index (χ0) is 18.7. The lowest BCUT2D eigenvalue weighted by atomic mass is 9.77. The number of aliphatic carboxylic acids is 1. The third kappa shape index (κ3) is 4.10. The van der Waals surface area contributed by atoms with Crippen molar-refractivity contribution >= 4 is 11.9 Å². The van der Waals surface area contributed by atoms with E-state index in [1.54, 1.807) is 6.07 Å². The van der Waals surface area contributed by atoms with Crippen LogP contribution in [-0.2, 0) is 4.79 Å². The van der Waals surface area contributed by atoms with Gasteiger partial charge in [0, 0.05) is 12.0 Å². The highest BCUT2D eigenvalue weighted by Crippen LogP contribution is 2.37. The molecule has 0 bridgehead atoms. The van der Waals surface area contributed by atoms with E-state index < -0.39 is 11.9 Å². The minimum absolute atomic E-state index is 0.270. The Balaban J connectivity index is 1.73. The van der Waals surface area contributed by atoms with Crippen molar-refractivity contribution in [3.05, 3.63) is 53.2 Å². The van der Waals surface area contributed by atoms with Crippen LogP contribution in [0.5, 0.6) is 0 Å². The van der Waals surface area contributed by atoms with Crippen molar-refractivity contribution in [3.8, 4) is 11.3 Å². The Kier molecular flexibility index (Phi) is 5.35. The van der Waals surface area contributed by atoms with Gasteiger partial charge in [0.05, 0.1) is 5.69 Å². The quantitative estimate of drug-likeness (QED) is 0.853. The minimum atomic E-state index is -0.695. The van der Waals surface area contributed by atoms with Gasteiger partial charge >= 0.3 is 5.97 Å². The first-order valence-electron chi connectivity index (χ1n) is 9.03. The number of amides is 1. The molecule has 0 radical (unpaired) electrons. The third-order valence-electron chi connectivity index (χ3n) is 5.32. The molecule has 1 fully saturated rings. The molecule has 136 valence electrons. The van der Waals surface area contributed by atoms with Gasteiger partial charge in [-0.05, 0) is 61.6 Å². The molecule has 0 spiro atoms. The number of hydrogen-bond donors (Lipinski definition) is 2. The van der Waals surface area contributed by atoms with E-state index in [1.165, 1.54) is 5.56 Å². The van der Waals surface area contributed by atoms with Gasteiger partial charge in [0.1, 0.15) is 5.69 Å². The first-order chi connectivity index (χ1) is 12.4. The maximum atomic E-state index is 11.4. The van der Waals surface area contributed by atoms with Gasteiger partial charge in [0.25, 0.3) is 5.91 Å². The van der Waals surface area contributed by atoms with Crippen LogP contribution in [0.15, 0.2) is 36.4 Å².